The Morgan fingerprint density at radius 3 is 2.14 bits per heavy atom. The predicted octanol–water partition coefficient (Wildman–Crippen LogP) is 4.66. The van der Waals surface area contributed by atoms with Crippen molar-refractivity contribution in [2.24, 2.45) is 5.41 Å². The van der Waals surface area contributed by atoms with E-state index < -0.39 is 0 Å². The first-order valence-corrected chi connectivity index (χ1v) is 7.61. The van der Waals surface area contributed by atoms with Gasteiger partial charge >= 0.3 is 0 Å². The second-order valence-corrected chi connectivity index (χ2v) is 7.71. The van der Waals surface area contributed by atoms with E-state index in [-0.39, 0.29) is 11.0 Å². The highest BCUT2D eigenvalue weighted by Gasteiger charge is 2.25. The van der Waals surface area contributed by atoms with E-state index in [2.05, 4.69) is 39.9 Å². The summed E-state index contributed by atoms with van der Waals surface area (Å²) in [6.45, 7) is 11.9. The minimum atomic E-state index is 0.0266. The maximum Gasteiger partial charge on any atom is 0.165 e. The number of nitrogens with one attached hydrogen (secondary N) is 1. The molecule has 0 spiro atoms. The van der Waals surface area contributed by atoms with E-state index in [0.717, 1.165) is 17.7 Å². The lowest BCUT2D eigenvalue weighted by molar-refractivity contribution is 0.239. The van der Waals surface area contributed by atoms with Crippen LogP contribution in [-0.4, -0.2) is 19.8 Å². The van der Waals surface area contributed by atoms with Crippen molar-refractivity contribution >= 4 is 11.6 Å². The van der Waals surface area contributed by atoms with Crippen molar-refractivity contribution in [2.45, 2.75) is 53.1 Å². The summed E-state index contributed by atoms with van der Waals surface area (Å²) in [6.07, 6.45) is 1.07. The zero-order valence-corrected chi connectivity index (χ0v) is 15.0. The summed E-state index contributed by atoms with van der Waals surface area (Å²) in [5, 5.41) is 4.24. The van der Waals surface area contributed by atoms with Gasteiger partial charge in [-0.25, -0.2) is 0 Å². The summed E-state index contributed by atoms with van der Waals surface area (Å²) in [4.78, 5) is 0. The minimum Gasteiger partial charge on any atom is -0.493 e. The van der Waals surface area contributed by atoms with Crippen LogP contribution in [0.3, 0.4) is 0 Å². The molecule has 0 aliphatic carbocycles. The Hall–Kier alpha value is -0.930. The zero-order valence-electron chi connectivity index (χ0n) is 14.3. The van der Waals surface area contributed by atoms with E-state index in [1.165, 1.54) is 0 Å². The third kappa shape index (κ3) is 5.76. The van der Waals surface area contributed by atoms with Crippen molar-refractivity contribution in [3.05, 3.63) is 22.7 Å². The Labute approximate surface area is 134 Å². The fourth-order valence-corrected chi connectivity index (χ4v) is 3.09. The van der Waals surface area contributed by atoms with Gasteiger partial charge < -0.3 is 14.8 Å². The Kier molecular flexibility index (Phi) is 5.94. The molecule has 0 aromatic heterocycles. The van der Waals surface area contributed by atoms with Gasteiger partial charge in [0.2, 0.25) is 0 Å². The monoisotopic (exact) mass is 313 g/mol. The molecule has 0 bridgehead atoms. The molecule has 21 heavy (non-hydrogen) atoms. The summed E-state index contributed by atoms with van der Waals surface area (Å²) < 4.78 is 10.8. The van der Waals surface area contributed by atoms with Gasteiger partial charge in [-0.1, -0.05) is 32.4 Å². The van der Waals surface area contributed by atoms with Crippen LogP contribution in [0.5, 0.6) is 11.5 Å². The maximum absolute atomic E-state index is 6.15. The second-order valence-electron chi connectivity index (χ2n) is 7.28. The summed E-state index contributed by atoms with van der Waals surface area (Å²) in [6, 6.07) is 3.69. The highest BCUT2D eigenvalue weighted by molar-refractivity contribution is 6.30. The van der Waals surface area contributed by atoms with Crippen LogP contribution in [0.25, 0.3) is 0 Å². The van der Waals surface area contributed by atoms with E-state index >= 15 is 0 Å². The fraction of sp³-hybridized carbons (Fsp3) is 0.647. The molecule has 0 saturated heterocycles. The molecule has 0 saturated carbocycles. The summed E-state index contributed by atoms with van der Waals surface area (Å²) in [5.41, 5.74) is 1.30. The molecule has 0 radical (unpaired) electrons. The summed E-state index contributed by atoms with van der Waals surface area (Å²) in [5.74, 6) is 1.40. The van der Waals surface area contributed by atoms with Crippen LogP contribution < -0.4 is 14.8 Å². The van der Waals surface area contributed by atoms with Crippen molar-refractivity contribution in [2.75, 3.05) is 14.2 Å². The van der Waals surface area contributed by atoms with Crippen LogP contribution in [0, 0.1) is 5.41 Å². The van der Waals surface area contributed by atoms with Crippen LogP contribution in [0.1, 0.15) is 46.6 Å². The smallest absolute Gasteiger partial charge is 0.165 e. The average Bonchev–Trinajstić information content (AvgIpc) is 2.32. The van der Waals surface area contributed by atoms with Gasteiger partial charge in [0.15, 0.2) is 11.5 Å². The van der Waals surface area contributed by atoms with Gasteiger partial charge in [-0.3, -0.25) is 0 Å². The Morgan fingerprint density at radius 1 is 1.05 bits per heavy atom. The molecule has 1 rings (SSSR count). The fourth-order valence-electron chi connectivity index (χ4n) is 2.86. The van der Waals surface area contributed by atoms with Crippen LogP contribution >= 0.6 is 11.6 Å². The lowest BCUT2D eigenvalue weighted by Gasteiger charge is -2.33. The first-order valence-electron chi connectivity index (χ1n) is 7.23. The zero-order chi connectivity index (χ0) is 16.3. The number of hydrogen-bond donors (Lipinski definition) is 1. The van der Waals surface area contributed by atoms with Crippen molar-refractivity contribution in [1.29, 1.82) is 0 Å². The molecule has 1 N–H and O–H groups in total. The molecule has 0 atom stereocenters. The van der Waals surface area contributed by atoms with Crippen LogP contribution in [0.2, 0.25) is 5.02 Å². The Morgan fingerprint density at radius 2 is 1.67 bits per heavy atom. The molecule has 0 fully saturated rings. The average molecular weight is 314 g/mol. The van der Waals surface area contributed by atoms with E-state index in [1.54, 1.807) is 20.3 Å². The van der Waals surface area contributed by atoms with Gasteiger partial charge in [0.05, 0.1) is 14.2 Å². The van der Waals surface area contributed by atoms with Crippen LogP contribution in [0.4, 0.5) is 0 Å². The Bertz CT molecular complexity index is 478. The molecule has 0 aliphatic heterocycles. The lowest BCUT2D eigenvalue weighted by Crippen LogP contribution is -2.41. The van der Waals surface area contributed by atoms with Gasteiger partial charge in [-0.15, -0.1) is 0 Å². The van der Waals surface area contributed by atoms with Crippen LogP contribution in [0.15, 0.2) is 12.1 Å². The highest BCUT2D eigenvalue weighted by atomic mass is 35.5. The van der Waals surface area contributed by atoms with E-state index in [4.69, 9.17) is 21.1 Å². The van der Waals surface area contributed by atoms with Gasteiger partial charge in [0.1, 0.15) is 0 Å². The van der Waals surface area contributed by atoms with Crippen molar-refractivity contribution < 1.29 is 9.47 Å². The molecule has 1 aromatic rings. The third-order valence-corrected chi connectivity index (χ3v) is 3.47. The predicted molar refractivity (Wildman–Crippen MR) is 89.5 cm³/mol. The first-order chi connectivity index (χ1) is 9.58. The minimum absolute atomic E-state index is 0.0266. The number of hydrogen-bond acceptors (Lipinski definition) is 3. The van der Waals surface area contributed by atoms with E-state index in [1.807, 2.05) is 6.07 Å². The number of ether oxygens (including phenoxy) is 2. The van der Waals surface area contributed by atoms with Crippen molar-refractivity contribution in [3.8, 4) is 11.5 Å². The number of methoxy groups -OCH3 is 2. The van der Waals surface area contributed by atoms with Gasteiger partial charge in [0.25, 0.3) is 0 Å². The quantitative estimate of drug-likeness (QED) is 0.828. The molecule has 3 nitrogen and oxygen atoms in total. The standard InChI is InChI=1S/C17H28ClNO2/c1-16(2,3)11-17(4,5)19-10-12-8-13(18)9-14(20-6)15(12)21-7/h8-9,19H,10-11H2,1-7H3. The number of halogens is 1. The highest BCUT2D eigenvalue weighted by Crippen LogP contribution is 2.35. The molecular weight excluding hydrogens is 286 g/mol. The molecule has 0 heterocycles. The van der Waals surface area contributed by atoms with Crippen LogP contribution in [-0.2, 0) is 6.54 Å². The molecule has 120 valence electrons. The largest absolute Gasteiger partial charge is 0.493 e. The van der Waals surface area contributed by atoms with Gasteiger partial charge in [-0.05, 0) is 31.7 Å². The normalized spacial score (nSPS) is 12.4. The SMILES string of the molecule is COc1cc(Cl)cc(CNC(C)(C)CC(C)(C)C)c1OC. The number of rotatable bonds is 6. The molecule has 0 amide bonds. The lowest BCUT2D eigenvalue weighted by atomic mass is 9.81. The third-order valence-electron chi connectivity index (χ3n) is 3.25. The first kappa shape index (κ1) is 18.1. The molecular formula is C17H28ClNO2. The summed E-state index contributed by atoms with van der Waals surface area (Å²) in [7, 11) is 3.27. The van der Waals surface area contributed by atoms with Crippen molar-refractivity contribution in [3.63, 3.8) is 0 Å². The van der Waals surface area contributed by atoms with Gasteiger partial charge in [0, 0.05) is 28.7 Å². The molecule has 0 unspecified atom stereocenters. The second kappa shape index (κ2) is 6.89. The number of benzene rings is 1. The van der Waals surface area contributed by atoms with Crippen molar-refractivity contribution in [1.82, 2.24) is 5.32 Å². The van der Waals surface area contributed by atoms with E-state index in [9.17, 15) is 0 Å². The van der Waals surface area contributed by atoms with Gasteiger partial charge in [-0.2, -0.15) is 0 Å². The van der Waals surface area contributed by atoms with E-state index in [0.29, 0.717) is 17.3 Å². The molecule has 4 heteroatoms. The molecule has 1 aromatic carbocycles. The topological polar surface area (TPSA) is 30.5 Å². The maximum atomic E-state index is 6.15. The Balaban J connectivity index is 2.91. The molecule has 0 aliphatic rings. The summed E-state index contributed by atoms with van der Waals surface area (Å²) >= 11 is 6.15.